The van der Waals surface area contributed by atoms with Gasteiger partial charge in [-0.25, -0.2) is 0 Å². The SMILES string of the molecule is Cc1cccc(COc2ccc3ccccc3c2CNC2CC2)c1. The molecule has 1 N–H and O–H groups in total. The van der Waals surface area contributed by atoms with Gasteiger partial charge in [-0.2, -0.15) is 0 Å². The summed E-state index contributed by atoms with van der Waals surface area (Å²) in [5, 5.41) is 6.19. The average Bonchev–Trinajstić information content (AvgIpc) is 3.43. The van der Waals surface area contributed by atoms with Gasteiger partial charge in [0.25, 0.3) is 0 Å². The van der Waals surface area contributed by atoms with Gasteiger partial charge in [0.15, 0.2) is 0 Å². The van der Waals surface area contributed by atoms with Gasteiger partial charge in [-0.15, -0.1) is 0 Å². The Hall–Kier alpha value is -2.32. The highest BCUT2D eigenvalue weighted by Crippen LogP contribution is 2.30. The molecule has 3 aromatic carbocycles. The van der Waals surface area contributed by atoms with E-state index in [0.29, 0.717) is 12.6 Å². The second kappa shape index (κ2) is 6.66. The van der Waals surface area contributed by atoms with Crippen LogP contribution in [0.4, 0.5) is 0 Å². The van der Waals surface area contributed by atoms with Crippen molar-refractivity contribution in [3.05, 3.63) is 77.4 Å². The van der Waals surface area contributed by atoms with Crippen LogP contribution in [0.25, 0.3) is 10.8 Å². The van der Waals surface area contributed by atoms with Crippen LogP contribution < -0.4 is 10.1 Å². The third-order valence-electron chi connectivity index (χ3n) is 4.62. The molecule has 2 nitrogen and oxygen atoms in total. The minimum absolute atomic E-state index is 0.608. The Morgan fingerprint density at radius 2 is 1.88 bits per heavy atom. The standard InChI is InChI=1S/C22H23NO/c1-16-5-4-6-17(13-16)15-24-22-12-9-18-7-2-3-8-20(18)21(22)14-23-19-10-11-19/h2-9,12-13,19,23H,10-11,14-15H2,1H3. The molecule has 122 valence electrons. The molecule has 1 fully saturated rings. The van der Waals surface area contributed by atoms with Crippen LogP contribution in [-0.2, 0) is 13.2 Å². The summed E-state index contributed by atoms with van der Waals surface area (Å²) >= 11 is 0. The molecular weight excluding hydrogens is 294 g/mol. The van der Waals surface area contributed by atoms with E-state index in [1.54, 1.807) is 0 Å². The monoisotopic (exact) mass is 317 g/mol. The van der Waals surface area contributed by atoms with Gasteiger partial charge in [0.2, 0.25) is 0 Å². The van der Waals surface area contributed by atoms with E-state index in [1.807, 2.05) is 0 Å². The Morgan fingerprint density at radius 3 is 2.71 bits per heavy atom. The average molecular weight is 317 g/mol. The van der Waals surface area contributed by atoms with E-state index >= 15 is 0 Å². The first kappa shape index (κ1) is 15.2. The van der Waals surface area contributed by atoms with E-state index in [1.165, 1.54) is 40.3 Å². The van der Waals surface area contributed by atoms with Crippen LogP contribution in [0.5, 0.6) is 5.75 Å². The lowest BCUT2D eigenvalue weighted by Gasteiger charge is -2.15. The number of nitrogens with one attached hydrogen (secondary N) is 1. The predicted octanol–water partition coefficient (Wildman–Crippen LogP) is 4.98. The van der Waals surface area contributed by atoms with E-state index in [9.17, 15) is 0 Å². The van der Waals surface area contributed by atoms with Crippen molar-refractivity contribution in [3.8, 4) is 5.75 Å². The first-order valence-electron chi connectivity index (χ1n) is 8.72. The number of benzene rings is 3. The van der Waals surface area contributed by atoms with Crippen molar-refractivity contribution >= 4 is 10.8 Å². The number of hydrogen-bond acceptors (Lipinski definition) is 2. The summed E-state index contributed by atoms with van der Waals surface area (Å²) in [6.07, 6.45) is 2.59. The van der Waals surface area contributed by atoms with Gasteiger partial charge in [-0.3, -0.25) is 0 Å². The largest absolute Gasteiger partial charge is 0.489 e. The Kier molecular flexibility index (Phi) is 4.22. The minimum atomic E-state index is 0.608. The molecule has 4 rings (SSSR count). The minimum Gasteiger partial charge on any atom is -0.489 e. The van der Waals surface area contributed by atoms with E-state index in [2.05, 4.69) is 72.9 Å². The van der Waals surface area contributed by atoms with Crippen molar-refractivity contribution in [2.45, 2.75) is 39.0 Å². The third-order valence-corrected chi connectivity index (χ3v) is 4.62. The third kappa shape index (κ3) is 3.44. The van der Waals surface area contributed by atoms with Gasteiger partial charge in [0, 0.05) is 18.2 Å². The summed E-state index contributed by atoms with van der Waals surface area (Å²) in [7, 11) is 0. The Bertz CT molecular complexity index is 851. The predicted molar refractivity (Wildman–Crippen MR) is 99.3 cm³/mol. The highest BCUT2D eigenvalue weighted by atomic mass is 16.5. The van der Waals surface area contributed by atoms with Gasteiger partial charge in [-0.1, -0.05) is 60.2 Å². The molecule has 1 aliphatic rings. The molecule has 3 aromatic rings. The van der Waals surface area contributed by atoms with Crippen molar-refractivity contribution in [1.82, 2.24) is 5.32 Å². The smallest absolute Gasteiger partial charge is 0.124 e. The number of ether oxygens (including phenoxy) is 1. The molecule has 0 spiro atoms. The van der Waals surface area contributed by atoms with Crippen LogP contribution in [0.1, 0.15) is 29.5 Å². The first-order chi connectivity index (χ1) is 11.8. The molecule has 0 unspecified atom stereocenters. The van der Waals surface area contributed by atoms with E-state index in [4.69, 9.17) is 4.74 Å². The molecular formula is C22H23NO. The zero-order chi connectivity index (χ0) is 16.4. The first-order valence-corrected chi connectivity index (χ1v) is 8.72. The maximum atomic E-state index is 6.20. The lowest BCUT2D eigenvalue weighted by Crippen LogP contribution is -2.16. The Morgan fingerprint density at radius 1 is 1.00 bits per heavy atom. The molecule has 0 bridgehead atoms. The second-order valence-corrected chi connectivity index (χ2v) is 6.70. The summed E-state index contributed by atoms with van der Waals surface area (Å²) in [6, 6.07) is 22.0. The summed E-state index contributed by atoms with van der Waals surface area (Å²) in [5.41, 5.74) is 3.75. The molecule has 24 heavy (non-hydrogen) atoms. The maximum Gasteiger partial charge on any atom is 0.124 e. The molecule has 0 amide bonds. The molecule has 1 saturated carbocycles. The van der Waals surface area contributed by atoms with E-state index < -0.39 is 0 Å². The number of rotatable bonds is 6. The van der Waals surface area contributed by atoms with Crippen LogP contribution in [0.3, 0.4) is 0 Å². The maximum absolute atomic E-state index is 6.20. The number of aryl methyl sites for hydroxylation is 1. The molecule has 0 saturated heterocycles. The summed E-state index contributed by atoms with van der Waals surface area (Å²) in [6.45, 7) is 3.59. The Labute approximate surface area is 143 Å². The van der Waals surface area contributed by atoms with Crippen LogP contribution in [0, 0.1) is 6.92 Å². The van der Waals surface area contributed by atoms with Crippen LogP contribution in [0.2, 0.25) is 0 Å². The molecule has 0 radical (unpaired) electrons. The summed E-state index contributed by atoms with van der Waals surface area (Å²) in [5.74, 6) is 0.989. The van der Waals surface area contributed by atoms with Crippen molar-refractivity contribution in [2.75, 3.05) is 0 Å². The van der Waals surface area contributed by atoms with E-state index in [-0.39, 0.29) is 0 Å². The van der Waals surface area contributed by atoms with Crippen LogP contribution in [-0.4, -0.2) is 6.04 Å². The molecule has 0 aliphatic heterocycles. The van der Waals surface area contributed by atoms with Gasteiger partial charge >= 0.3 is 0 Å². The van der Waals surface area contributed by atoms with Crippen molar-refractivity contribution in [1.29, 1.82) is 0 Å². The van der Waals surface area contributed by atoms with E-state index in [0.717, 1.165) is 12.3 Å². The lowest BCUT2D eigenvalue weighted by molar-refractivity contribution is 0.302. The molecule has 2 heteroatoms. The molecule has 0 atom stereocenters. The molecule has 0 aromatic heterocycles. The van der Waals surface area contributed by atoms with Gasteiger partial charge in [0.05, 0.1) is 0 Å². The highest BCUT2D eigenvalue weighted by molar-refractivity contribution is 5.87. The molecule has 0 heterocycles. The fourth-order valence-electron chi connectivity index (χ4n) is 3.13. The van der Waals surface area contributed by atoms with Crippen LogP contribution >= 0.6 is 0 Å². The zero-order valence-electron chi connectivity index (χ0n) is 14.1. The van der Waals surface area contributed by atoms with Crippen LogP contribution in [0.15, 0.2) is 60.7 Å². The summed E-state index contributed by atoms with van der Waals surface area (Å²) < 4.78 is 6.20. The quantitative estimate of drug-likeness (QED) is 0.692. The number of hydrogen-bond donors (Lipinski definition) is 1. The normalized spacial score (nSPS) is 14.0. The van der Waals surface area contributed by atoms with Crippen molar-refractivity contribution in [3.63, 3.8) is 0 Å². The molecule has 1 aliphatic carbocycles. The topological polar surface area (TPSA) is 21.3 Å². The lowest BCUT2D eigenvalue weighted by atomic mass is 10.0. The van der Waals surface area contributed by atoms with Crippen molar-refractivity contribution in [2.24, 2.45) is 0 Å². The van der Waals surface area contributed by atoms with Gasteiger partial charge < -0.3 is 10.1 Å². The number of fused-ring (bicyclic) bond motifs is 1. The van der Waals surface area contributed by atoms with Crippen molar-refractivity contribution < 1.29 is 4.74 Å². The van der Waals surface area contributed by atoms with Gasteiger partial charge in [-0.05, 0) is 42.2 Å². The Balaban J connectivity index is 1.61. The highest BCUT2D eigenvalue weighted by Gasteiger charge is 2.21. The fraction of sp³-hybridized carbons (Fsp3) is 0.273. The van der Waals surface area contributed by atoms with Gasteiger partial charge in [0.1, 0.15) is 12.4 Å². The second-order valence-electron chi connectivity index (χ2n) is 6.70. The zero-order valence-corrected chi connectivity index (χ0v) is 14.1. The fourth-order valence-corrected chi connectivity index (χ4v) is 3.13. The summed E-state index contributed by atoms with van der Waals surface area (Å²) in [4.78, 5) is 0.